The number of hydrogen-bond donors (Lipinski definition) is 0. The maximum absolute atomic E-state index is 2.33. The van der Waals surface area contributed by atoms with Gasteiger partial charge in [0.1, 0.15) is 0 Å². The summed E-state index contributed by atoms with van der Waals surface area (Å²) in [5.41, 5.74) is 1.53. The molecule has 0 heterocycles. The van der Waals surface area contributed by atoms with Crippen molar-refractivity contribution >= 4 is 0 Å². The Labute approximate surface area is 68.3 Å². The van der Waals surface area contributed by atoms with Crippen LogP contribution in [0.2, 0.25) is 0 Å². The van der Waals surface area contributed by atoms with Crippen molar-refractivity contribution in [1.29, 1.82) is 0 Å². The van der Waals surface area contributed by atoms with Crippen molar-refractivity contribution in [2.24, 2.45) is 5.92 Å². The quantitative estimate of drug-likeness (QED) is 0.570. The fraction of sp³-hybridized carbons (Fsp3) is 0.455. The van der Waals surface area contributed by atoms with Crippen molar-refractivity contribution in [3.8, 4) is 0 Å². The van der Waals surface area contributed by atoms with Crippen LogP contribution in [-0.2, 0) is 0 Å². The first-order valence-electron chi connectivity index (χ1n) is 4.41. The van der Waals surface area contributed by atoms with E-state index in [-0.39, 0.29) is 0 Å². The standard InChI is InChI=1S/C11H14/c1-9-7-11(8-9)10-5-3-2-4-6-10/h2-6,9,11H,7-8H2,1H3. The Morgan fingerprint density at radius 2 is 1.73 bits per heavy atom. The molecule has 1 aromatic rings. The lowest BCUT2D eigenvalue weighted by atomic mass is 9.72. The van der Waals surface area contributed by atoms with E-state index >= 15 is 0 Å². The smallest absolute Gasteiger partial charge is 0.0157 e. The van der Waals surface area contributed by atoms with Gasteiger partial charge >= 0.3 is 0 Å². The summed E-state index contributed by atoms with van der Waals surface area (Å²) in [6.07, 6.45) is 2.79. The molecule has 0 bridgehead atoms. The van der Waals surface area contributed by atoms with Gasteiger partial charge in [0.2, 0.25) is 0 Å². The highest BCUT2D eigenvalue weighted by atomic mass is 14.3. The van der Waals surface area contributed by atoms with Crippen LogP contribution < -0.4 is 0 Å². The maximum atomic E-state index is 2.33. The van der Waals surface area contributed by atoms with Crippen LogP contribution in [-0.4, -0.2) is 0 Å². The first-order chi connectivity index (χ1) is 5.36. The molecule has 2 rings (SSSR count). The Hall–Kier alpha value is -0.780. The molecule has 0 nitrogen and oxygen atoms in total. The van der Waals surface area contributed by atoms with Crippen LogP contribution >= 0.6 is 0 Å². The van der Waals surface area contributed by atoms with E-state index in [0.29, 0.717) is 0 Å². The number of rotatable bonds is 1. The molecule has 11 heavy (non-hydrogen) atoms. The molecule has 0 unspecified atom stereocenters. The van der Waals surface area contributed by atoms with Crippen molar-refractivity contribution in [2.45, 2.75) is 25.7 Å². The Morgan fingerprint density at radius 1 is 1.09 bits per heavy atom. The van der Waals surface area contributed by atoms with E-state index in [4.69, 9.17) is 0 Å². The average Bonchev–Trinajstić information content (AvgIpc) is 2.01. The van der Waals surface area contributed by atoms with E-state index in [0.717, 1.165) is 11.8 Å². The highest BCUT2D eigenvalue weighted by Crippen LogP contribution is 2.40. The van der Waals surface area contributed by atoms with Crippen LogP contribution in [0, 0.1) is 5.92 Å². The van der Waals surface area contributed by atoms with Crippen LogP contribution in [0.5, 0.6) is 0 Å². The van der Waals surface area contributed by atoms with Gasteiger partial charge < -0.3 is 0 Å². The third-order valence-corrected chi connectivity index (χ3v) is 2.64. The second-order valence-electron chi connectivity index (χ2n) is 3.68. The topological polar surface area (TPSA) is 0 Å². The first kappa shape index (κ1) is 6.90. The van der Waals surface area contributed by atoms with Crippen molar-refractivity contribution in [1.82, 2.24) is 0 Å². The third kappa shape index (κ3) is 1.30. The van der Waals surface area contributed by atoms with Gasteiger partial charge in [0.25, 0.3) is 0 Å². The number of hydrogen-bond acceptors (Lipinski definition) is 0. The molecule has 1 aliphatic carbocycles. The monoisotopic (exact) mass is 146 g/mol. The predicted molar refractivity (Wildman–Crippen MR) is 47.6 cm³/mol. The summed E-state index contributed by atoms with van der Waals surface area (Å²) in [4.78, 5) is 0. The van der Waals surface area contributed by atoms with E-state index < -0.39 is 0 Å². The summed E-state index contributed by atoms with van der Waals surface area (Å²) in [5, 5.41) is 0. The third-order valence-electron chi connectivity index (χ3n) is 2.64. The zero-order valence-electron chi connectivity index (χ0n) is 6.96. The SMILES string of the molecule is CC1CC(c2ccccc2)C1. The van der Waals surface area contributed by atoms with Crippen LogP contribution in [0.3, 0.4) is 0 Å². The minimum Gasteiger partial charge on any atom is -0.0625 e. The molecule has 1 saturated carbocycles. The summed E-state index contributed by atoms with van der Waals surface area (Å²) in [5.74, 6) is 1.83. The molecule has 1 aromatic carbocycles. The van der Waals surface area contributed by atoms with Crippen LogP contribution in [0.1, 0.15) is 31.2 Å². The molecule has 0 radical (unpaired) electrons. The molecule has 1 aliphatic rings. The molecular formula is C11H14. The molecule has 0 amide bonds. The second-order valence-corrected chi connectivity index (χ2v) is 3.68. The molecule has 0 aromatic heterocycles. The van der Waals surface area contributed by atoms with Gasteiger partial charge in [-0.15, -0.1) is 0 Å². The van der Waals surface area contributed by atoms with Crippen LogP contribution in [0.4, 0.5) is 0 Å². The van der Waals surface area contributed by atoms with Crippen molar-refractivity contribution < 1.29 is 0 Å². The van der Waals surface area contributed by atoms with Gasteiger partial charge in [-0.05, 0) is 30.2 Å². The molecule has 0 saturated heterocycles. The summed E-state index contributed by atoms with van der Waals surface area (Å²) < 4.78 is 0. The number of benzene rings is 1. The molecule has 58 valence electrons. The molecule has 0 heteroatoms. The molecular weight excluding hydrogens is 132 g/mol. The Balaban J connectivity index is 2.08. The zero-order valence-corrected chi connectivity index (χ0v) is 6.96. The summed E-state index contributed by atoms with van der Waals surface area (Å²) in [6.45, 7) is 2.33. The zero-order chi connectivity index (χ0) is 7.68. The minimum atomic E-state index is 0.867. The van der Waals surface area contributed by atoms with Crippen molar-refractivity contribution in [3.63, 3.8) is 0 Å². The van der Waals surface area contributed by atoms with Gasteiger partial charge in [0, 0.05) is 0 Å². The average molecular weight is 146 g/mol. The predicted octanol–water partition coefficient (Wildman–Crippen LogP) is 3.20. The first-order valence-corrected chi connectivity index (χ1v) is 4.41. The molecule has 1 fully saturated rings. The van der Waals surface area contributed by atoms with Gasteiger partial charge in [-0.3, -0.25) is 0 Å². The Bertz CT molecular complexity index is 219. The van der Waals surface area contributed by atoms with E-state index in [9.17, 15) is 0 Å². The summed E-state index contributed by atoms with van der Waals surface area (Å²) >= 11 is 0. The van der Waals surface area contributed by atoms with Gasteiger partial charge in [-0.25, -0.2) is 0 Å². The van der Waals surface area contributed by atoms with Crippen molar-refractivity contribution in [2.75, 3.05) is 0 Å². The van der Waals surface area contributed by atoms with Gasteiger partial charge in [0.15, 0.2) is 0 Å². The lowest BCUT2D eigenvalue weighted by Gasteiger charge is -2.32. The fourth-order valence-corrected chi connectivity index (χ4v) is 1.90. The highest BCUT2D eigenvalue weighted by molar-refractivity contribution is 5.21. The van der Waals surface area contributed by atoms with Gasteiger partial charge in [0.05, 0.1) is 0 Å². The molecule has 0 N–H and O–H groups in total. The van der Waals surface area contributed by atoms with Gasteiger partial charge in [-0.2, -0.15) is 0 Å². The second kappa shape index (κ2) is 2.69. The van der Waals surface area contributed by atoms with E-state index in [2.05, 4.69) is 37.3 Å². The highest BCUT2D eigenvalue weighted by Gasteiger charge is 2.25. The minimum absolute atomic E-state index is 0.867. The fourth-order valence-electron chi connectivity index (χ4n) is 1.90. The summed E-state index contributed by atoms with van der Waals surface area (Å²) in [6, 6.07) is 10.9. The van der Waals surface area contributed by atoms with Crippen molar-refractivity contribution in [3.05, 3.63) is 35.9 Å². The Morgan fingerprint density at radius 3 is 2.27 bits per heavy atom. The molecule has 0 aliphatic heterocycles. The molecule has 0 atom stereocenters. The molecule has 0 spiro atoms. The van der Waals surface area contributed by atoms with E-state index in [1.807, 2.05) is 0 Å². The Kier molecular flexibility index (Phi) is 1.69. The van der Waals surface area contributed by atoms with E-state index in [1.165, 1.54) is 18.4 Å². The maximum Gasteiger partial charge on any atom is -0.0157 e. The van der Waals surface area contributed by atoms with Crippen LogP contribution in [0.15, 0.2) is 30.3 Å². The van der Waals surface area contributed by atoms with Crippen LogP contribution in [0.25, 0.3) is 0 Å². The lowest BCUT2D eigenvalue weighted by molar-refractivity contribution is 0.288. The van der Waals surface area contributed by atoms with Gasteiger partial charge in [-0.1, -0.05) is 37.3 Å². The normalized spacial score (nSPS) is 29.5. The summed E-state index contributed by atoms with van der Waals surface area (Å²) in [7, 11) is 0. The lowest BCUT2D eigenvalue weighted by Crippen LogP contribution is -2.18. The largest absolute Gasteiger partial charge is 0.0625 e. The van der Waals surface area contributed by atoms with E-state index in [1.54, 1.807) is 0 Å².